The average Bonchev–Trinajstić information content (AvgIpc) is 3.09. The van der Waals surface area contributed by atoms with Crippen molar-refractivity contribution in [1.82, 2.24) is 4.98 Å². The van der Waals surface area contributed by atoms with Gasteiger partial charge in [0.05, 0.1) is 10.0 Å². The molecule has 0 aliphatic heterocycles. The molecule has 5 nitrogen and oxygen atoms in total. The zero-order chi connectivity index (χ0) is 18.7. The largest absolute Gasteiger partial charge is 0.326 e. The number of benzene rings is 2. The van der Waals surface area contributed by atoms with E-state index in [1.807, 2.05) is 0 Å². The molecule has 0 aliphatic rings. The molecular formula is C18H13Cl2N3O2S. The number of aromatic nitrogens is 1. The summed E-state index contributed by atoms with van der Waals surface area (Å²) in [6.07, 6.45) is 0. The monoisotopic (exact) mass is 405 g/mol. The average molecular weight is 406 g/mol. The first kappa shape index (κ1) is 18.4. The van der Waals surface area contributed by atoms with Crippen LogP contribution in [0.1, 0.15) is 17.4 Å². The Balaban J connectivity index is 1.71. The van der Waals surface area contributed by atoms with Crippen molar-refractivity contribution >= 4 is 57.7 Å². The molecule has 1 heterocycles. The maximum atomic E-state index is 12.4. The molecule has 0 aliphatic carbocycles. The van der Waals surface area contributed by atoms with Crippen molar-refractivity contribution in [3.8, 4) is 10.6 Å². The second-order valence-corrected chi connectivity index (χ2v) is 7.05. The molecule has 0 atom stereocenters. The number of amides is 2. The Morgan fingerprint density at radius 3 is 2.23 bits per heavy atom. The number of anilines is 2. The van der Waals surface area contributed by atoms with Crippen LogP contribution < -0.4 is 10.6 Å². The molecule has 8 heteroatoms. The van der Waals surface area contributed by atoms with E-state index in [0.717, 1.165) is 5.56 Å². The summed E-state index contributed by atoms with van der Waals surface area (Å²) in [7, 11) is 0. The van der Waals surface area contributed by atoms with Crippen molar-refractivity contribution in [2.45, 2.75) is 6.92 Å². The molecular weight excluding hydrogens is 393 g/mol. The Hall–Kier alpha value is -2.41. The number of carbonyl (C=O) groups is 2. The lowest BCUT2D eigenvalue weighted by Gasteiger charge is -2.05. The highest BCUT2D eigenvalue weighted by Crippen LogP contribution is 2.30. The Kier molecular flexibility index (Phi) is 5.56. The third-order valence-corrected chi connectivity index (χ3v) is 5.00. The standard InChI is InChI=1S/C18H13Cl2N3O2S/c1-10(24)21-12-3-5-13(6-4-12)22-17(25)16-9-26-18(23-16)11-2-7-14(19)15(20)8-11/h2-9H,1H3,(H,21,24)(H,22,25). The molecule has 2 amide bonds. The highest BCUT2D eigenvalue weighted by molar-refractivity contribution is 7.13. The minimum absolute atomic E-state index is 0.154. The number of carbonyl (C=O) groups excluding carboxylic acids is 2. The van der Waals surface area contributed by atoms with E-state index in [1.54, 1.807) is 47.8 Å². The number of nitrogens with zero attached hydrogens (tertiary/aromatic N) is 1. The van der Waals surface area contributed by atoms with Crippen LogP contribution in [0.15, 0.2) is 47.8 Å². The van der Waals surface area contributed by atoms with E-state index in [1.165, 1.54) is 18.3 Å². The van der Waals surface area contributed by atoms with Gasteiger partial charge in [-0.25, -0.2) is 4.98 Å². The number of hydrogen-bond acceptors (Lipinski definition) is 4. The van der Waals surface area contributed by atoms with E-state index in [-0.39, 0.29) is 11.8 Å². The van der Waals surface area contributed by atoms with Crippen LogP contribution in [-0.2, 0) is 4.79 Å². The van der Waals surface area contributed by atoms with Crippen LogP contribution in [0.2, 0.25) is 10.0 Å². The van der Waals surface area contributed by atoms with Crippen LogP contribution in [0.5, 0.6) is 0 Å². The van der Waals surface area contributed by atoms with Gasteiger partial charge in [0.1, 0.15) is 10.7 Å². The molecule has 0 unspecified atom stereocenters. The number of thiazole rings is 1. The molecule has 0 radical (unpaired) electrons. The van der Waals surface area contributed by atoms with Crippen molar-refractivity contribution in [3.63, 3.8) is 0 Å². The lowest BCUT2D eigenvalue weighted by atomic mass is 10.2. The van der Waals surface area contributed by atoms with Crippen LogP contribution in [0.25, 0.3) is 10.6 Å². The van der Waals surface area contributed by atoms with E-state index in [2.05, 4.69) is 15.6 Å². The van der Waals surface area contributed by atoms with Gasteiger partial charge in [0.15, 0.2) is 0 Å². The number of nitrogens with one attached hydrogen (secondary N) is 2. The predicted molar refractivity (Wildman–Crippen MR) is 106 cm³/mol. The summed E-state index contributed by atoms with van der Waals surface area (Å²) >= 11 is 13.3. The predicted octanol–water partition coefficient (Wildman–Crippen LogP) is 5.33. The van der Waals surface area contributed by atoms with Crippen LogP contribution in [0, 0.1) is 0 Å². The first-order valence-electron chi connectivity index (χ1n) is 7.52. The van der Waals surface area contributed by atoms with Crippen molar-refractivity contribution in [2.75, 3.05) is 10.6 Å². The maximum Gasteiger partial charge on any atom is 0.275 e. The van der Waals surface area contributed by atoms with Gasteiger partial charge in [-0.2, -0.15) is 0 Å². The van der Waals surface area contributed by atoms with Gasteiger partial charge < -0.3 is 10.6 Å². The second-order valence-electron chi connectivity index (χ2n) is 5.38. The van der Waals surface area contributed by atoms with Crippen molar-refractivity contribution in [3.05, 3.63) is 63.6 Å². The van der Waals surface area contributed by atoms with Crippen molar-refractivity contribution < 1.29 is 9.59 Å². The third kappa shape index (κ3) is 4.40. The van der Waals surface area contributed by atoms with Gasteiger partial charge in [0.2, 0.25) is 5.91 Å². The fourth-order valence-electron chi connectivity index (χ4n) is 2.18. The van der Waals surface area contributed by atoms with Crippen LogP contribution in [-0.4, -0.2) is 16.8 Å². The Morgan fingerprint density at radius 1 is 0.962 bits per heavy atom. The summed E-state index contributed by atoms with van der Waals surface area (Å²) in [4.78, 5) is 27.7. The molecule has 1 aromatic heterocycles. The minimum atomic E-state index is -0.320. The molecule has 26 heavy (non-hydrogen) atoms. The lowest BCUT2D eigenvalue weighted by molar-refractivity contribution is -0.114. The maximum absolute atomic E-state index is 12.4. The summed E-state index contributed by atoms with van der Waals surface area (Å²) in [6, 6.07) is 12.0. The summed E-state index contributed by atoms with van der Waals surface area (Å²) in [5.74, 6) is -0.473. The number of rotatable bonds is 4. The van der Waals surface area contributed by atoms with Gasteiger partial charge in [0, 0.05) is 29.2 Å². The molecule has 3 aromatic rings. The van der Waals surface area contributed by atoms with Crippen LogP contribution in [0.4, 0.5) is 11.4 Å². The zero-order valence-corrected chi connectivity index (χ0v) is 15.9. The summed E-state index contributed by atoms with van der Waals surface area (Å²) in [5, 5.41) is 8.69. The summed E-state index contributed by atoms with van der Waals surface area (Å²) < 4.78 is 0. The zero-order valence-electron chi connectivity index (χ0n) is 13.5. The van der Waals surface area contributed by atoms with Crippen molar-refractivity contribution in [1.29, 1.82) is 0 Å². The first-order valence-corrected chi connectivity index (χ1v) is 9.16. The molecule has 0 spiro atoms. The van der Waals surface area contributed by atoms with Gasteiger partial charge >= 0.3 is 0 Å². The highest BCUT2D eigenvalue weighted by Gasteiger charge is 2.13. The molecule has 0 fully saturated rings. The highest BCUT2D eigenvalue weighted by atomic mass is 35.5. The quantitative estimate of drug-likeness (QED) is 0.616. The molecule has 2 N–H and O–H groups in total. The Morgan fingerprint density at radius 2 is 1.62 bits per heavy atom. The Labute approximate surface area is 164 Å². The minimum Gasteiger partial charge on any atom is -0.326 e. The molecule has 0 saturated carbocycles. The summed E-state index contributed by atoms with van der Waals surface area (Å²) in [6.45, 7) is 1.43. The molecule has 3 rings (SSSR count). The van der Waals surface area contributed by atoms with E-state index in [4.69, 9.17) is 23.2 Å². The van der Waals surface area contributed by atoms with E-state index in [0.29, 0.717) is 32.1 Å². The number of hydrogen-bond donors (Lipinski definition) is 2. The normalized spacial score (nSPS) is 10.4. The smallest absolute Gasteiger partial charge is 0.275 e. The molecule has 132 valence electrons. The van der Waals surface area contributed by atoms with Crippen LogP contribution >= 0.6 is 34.5 Å². The fourth-order valence-corrected chi connectivity index (χ4v) is 3.27. The SMILES string of the molecule is CC(=O)Nc1ccc(NC(=O)c2csc(-c3ccc(Cl)c(Cl)c3)n2)cc1. The third-order valence-electron chi connectivity index (χ3n) is 3.37. The molecule has 2 aromatic carbocycles. The van der Waals surface area contributed by atoms with Gasteiger partial charge in [-0.1, -0.05) is 29.3 Å². The fraction of sp³-hybridized carbons (Fsp3) is 0.0556. The van der Waals surface area contributed by atoms with Gasteiger partial charge in [-0.15, -0.1) is 11.3 Å². The lowest BCUT2D eigenvalue weighted by Crippen LogP contribution is -2.12. The van der Waals surface area contributed by atoms with Crippen molar-refractivity contribution in [2.24, 2.45) is 0 Å². The van der Waals surface area contributed by atoms with Crippen LogP contribution in [0.3, 0.4) is 0 Å². The van der Waals surface area contributed by atoms with Gasteiger partial charge in [-0.3, -0.25) is 9.59 Å². The summed E-state index contributed by atoms with van der Waals surface area (Å²) in [5.41, 5.74) is 2.37. The first-order chi connectivity index (χ1) is 12.4. The van der Waals surface area contributed by atoms with E-state index < -0.39 is 0 Å². The Bertz CT molecular complexity index is 971. The van der Waals surface area contributed by atoms with E-state index >= 15 is 0 Å². The topological polar surface area (TPSA) is 71.1 Å². The molecule has 0 saturated heterocycles. The number of halogens is 2. The molecule has 0 bridgehead atoms. The van der Waals surface area contributed by atoms with Gasteiger partial charge in [0.25, 0.3) is 5.91 Å². The van der Waals surface area contributed by atoms with Gasteiger partial charge in [-0.05, 0) is 36.4 Å². The van der Waals surface area contributed by atoms with E-state index in [9.17, 15) is 9.59 Å². The second kappa shape index (κ2) is 7.86.